The van der Waals surface area contributed by atoms with E-state index in [1.165, 1.54) is 19.3 Å². The Labute approximate surface area is 71.3 Å². The maximum Gasteiger partial charge on any atom is 0.0468 e. The molecule has 0 saturated carbocycles. The van der Waals surface area contributed by atoms with Crippen molar-refractivity contribution in [3.05, 3.63) is 0 Å². The van der Waals surface area contributed by atoms with E-state index >= 15 is 0 Å². The Kier molecular flexibility index (Phi) is 3.71. The highest BCUT2D eigenvalue weighted by Gasteiger charge is 2.14. The van der Waals surface area contributed by atoms with E-state index in [1.807, 2.05) is 0 Å². The van der Waals surface area contributed by atoms with Gasteiger partial charge < -0.3 is 4.74 Å². The molecule has 1 aliphatic heterocycles. The monoisotopic (exact) mass is 206 g/mol. The molecule has 0 aromatic rings. The predicted octanol–water partition coefficient (Wildman–Crippen LogP) is 2.59. The average molecular weight is 207 g/mol. The van der Waals surface area contributed by atoms with Crippen molar-refractivity contribution in [3.8, 4) is 0 Å². The minimum absolute atomic E-state index is 0.676. The van der Waals surface area contributed by atoms with E-state index < -0.39 is 0 Å². The lowest BCUT2D eigenvalue weighted by Gasteiger charge is -2.22. The zero-order chi connectivity index (χ0) is 7.40. The van der Waals surface area contributed by atoms with E-state index in [0.29, 0.717) is 4.83 Å². The Morgan fingerprint density at radius 1 is 1.50 bits per heavy atom. The largest absolute Gasteiger partial charge is 0.381 e. The Hall–Kier alpha value is 0.440. The average Bonchev–Trinajstić information content (AvgIpc) is 1.88. The SMILES string of the molecule is CC(Br)CC1CCOCC1. The summed E-state index contributed by atoms with van der Waals surface area (Å²) in [4.78, 5) is 0.676. The van der Waals surface area contributed by atoms with Crippen LogP contribution in [-0.2, 0) is 4.74 Å². The van der Waals surface area contributed by atoms with Gasteiger partial charge in [0.1, 0.15) is 0 Å². The van der Waals surface area contributed by atoms with Crippen LogP contribution in [-0.4, -0.2) is 18.0 Å². The molecule has 0 aromatic heterocycles. The van der Waals surface area contributed by atoms with Crippen LogP contribution in [0.25, 0.3) is 0 Å². The Morgan fingerprint density at radius 2 is 2.10 bits per heavy atom. The van der Waals surface area contributed by atoms with Crippen LogP contribution >= 0.6 is 15.9 Å². The molecular formula is C8H15BrO. The highest BCUT2D eigenvalue weighted by atomic mass is 79.9. The summed E-state index contributed by atoms with van der Waals surface area (Å²) in [5.41, 5.74) is 0. The van der Waals surface area contributed by atoms with Crippen LogP contribution in [0, 0.1) is 5.92 Å². The first kappa shape index (κ1) is 8.54. The molecule has 1 heterocycles. The van der Waals surface area contributed by atoms with Gasteiger partial charge in [-0.3, -0.25) is 0 Å². The second kappa shape index (κ2) is 4.35. The first-order chi connectivity index (χ1) is 4.79. The van der Waals surface area contributed by atoms with E-state index in [0.717, 1.165) is 19.1 Å². The highest BCUT2D eigenvalue weighted by molar-refractivity contribution is 9.09. The van der Waals surface area contributed by atoms with E-state index in [4.69, 9.17) is 4.74 Å². The standard InChI is InChI=1S/C8H15BrO/c1-7(9)6-8-2-4-10-5-3-8/h7-8H,2-6H2,1H3. The van der Waals surface area contributed by atoms with Gasteiger partial charge in [0, 0.05) is 18.0 Å². The summed E-state index contributed by atoms with van der Waals surface area (Å²) in [6.45, 7) is 4.17. The molecular weight excluding hydrogens is 192 g/mol. The fourth-order valence-corrected chi connectivity index (χ4v) is 1.97. The lowest BCUT2D eigenvalue weighted by atomic mass is 9.95. The van der Waals surface area contributed by atoms with Gasteiger partial charge >= 0.3 is 0 Å². The second-order valence-electron chi connectivity index (χ2n) is 3.07. The molecule has 0 spiro atoms. The zero-order valence-corrected chi connectivity index (χ0v) is 8.06. The van der Waals surface area contributed by atoms with E-state index in [-0.39, 0.29) is 0 Å². The summed E-state index contributed by atoms with van der Waals surface area (Å²) in [6, 6.07) is 0. The Bertz CT molecular complexity index is 87.3. The van der Waals surface area contributed by atoms with Gasteiger partial charge in [-0.1, -0.05) is 22.9 Å². The number of rotatable bonds is 2. The van der Waals surface area contributed by atoms with Gasteiger partial charge in [-0.25, -0.2) is 0 Å². The Morgan fingerprint density at radius 3 is 2.60 bits per heavy atom. The molecule has 2 heteroatoms. The summed E-state index contributed by atoms with van der Waals surface area (Å²) in [6.07, 6.45) is 3.83. The molecule has 10 heavy (non-hydrogen) atoms. The smallest absolute Gasteiger partial charge is 0.0468 e. The van der Waals surface area contributed by atoms with Crippen molar-refractivity contribution in [1.29, 1.82) is 0 Å². The molecule has 60 valence electrons. The summed E-state index contributed by atoms with van der Waals surface area (Å²) < 4.78 is 5.27. The molecule has 0 aliphatic carbocycles. The van der Waals surface area contributed by atoms with Gasteiger partial charge in [0.15, 0.2) is 0 Å². The van der Waals surface area contributed by atoms with Crippen LogP contribution in [0.1, 0.15) is 26.2 Å². The second-order valence-corrected chi connectivity index (χ2v) is 4.64. The molecule has 1 nitrogen and oxygen atoms in total. The normalized spacial score (nSPS) is 24.6. The summed E-state index contributed by atoms with van der Waals surface area (Å²) in [7, 11) is 0. The molecule has 0 amide bonds. The third kappa shape index (κ3) is 3.02. The Balaban J connectivity index is 2.13. The molecule has 1 fully saturated rings. The number of halogens is 1. The zero-order valence-electron chi connectivity index (χ0n) is 6.48. The summed E-state index contributed by atoms with van der Waals surface area (Å²) in [5.74, 6) is 0.906. The third-order valence-electron chi connectivity index (χ3n) is 2.00. The van der Waals surface area contributed by atoms with Crippen molar-refractivity contribution in [3.63, 3.8) is 0 Å². The molecule has 1 atom stereocenters. The molecule has 0 N–H and O–H groups in total. The number of alkyl halides is 1. The van der Waals surface area contributed by atoms with Gasteiger partial charge in [0.05, 0.1) is 0 Å². The van der Waals surface area contributed by atoms with Crippen LogP contribution in [0.2, 0.25) is 0 Å². The number of hydrogen-bond acceptors (Lipinski definition) is 1. The van der Waals surface area contributed by atoms with E-state index in [9.17, 15) is 0 Å². The van der Waals surface area contributed by atoms with Crippen molar-refractivity contribution in [2.75, 3.05) is 13.2 Å². The van der Waals surface area contributed by atoms with Gasteiger partial charge in [-0.2, -0.15) is 0 Å². The maximum atomic E-state index is 5.27. The molecule has 1 aliphatic rings. The van der Waals surface area contributed by atoms with Crippen LogP contribution in [0.3, 0.4) is 0 Å². The van der Waals surface area contributed by atoms with Crippen molar-refractivity contribution < 1.29 is 4.74 Å². The van der Waals surface area contributed by atoms with Crippen LogP contribution in [0.5, 0.6) is 0 Å². The van der Waals surface area contributed by atoms with Crippen LogP contribution in [0.4, 0.5) is 0 Å². The molecule has 1 unspecified atom stereocenters. The molecule has 0 aromatic carbocycles. The van der Waals surface area contributed by atoms with Gasteiger partial charge in [-0.05, 0) is 25.2 Å². The molecule has 0 radical (unpaired) electrons. The van der Waals surface area contributed by atoms with Crippen molar-refractivity contribution in [2.45, 2.75) is 31.0 Å². The summed E-state index contributed by atoms with van der Waals surface area (Å²) in [5, 5.41) is 0. The van der Waals surface area contributed by atoms with E-state index in [2.05, 4.69) is 22.9 Å². The van der Waals surface area contributed by atoms with Gasteiger partial charge in [0.25, 0.3) is 0 Å². The minimum atomic E-state index is 0.676. The van der Waals surface area contributed by atoms with Crippen LogP contribution in [0.15, 0.2) is 0 Å². The first-order valence-corrected chi connectivity index (χ1v) is 4.92. The lowest BCUT2D eigenvalue weighted by Crippen LogP contribution is -2.17. The number of hydrogen-bond donors (Lipinski definition) is 0. The molecule has 0 bridgehead atoms. The minimum Gasteiger partial charge on any atom is -0.381 e. The van der Waals surface area contributed by atoms with Gasteiger partial charge in [-0.15, -0.1) is 0 Å². The third-order valence-corrected chi connectivity index (χ3v) is 2.37. The van der Waals surface area contributed by atoms with Crippen molar-refractivity contribution >= 4 is 15.9 Å². The van der Waals surface area contributed by atoms with Crippen LogP contribution < -0.4 is 0 Å². The molecule has 1 saturated heterocycles. The first-order valence-electron chi connectivity index (χ1n) is 4.01. The van der Waals surface area contributed by atoms with E-state index in [1.54, 1.807) is 0 Å². The van der Waals surface area contributed by atoms with Crippen molar-refractivity contribution in [2.24, 2.45) is 5.92 Å². The molecule has 1 rings (SSSR count). The van der Waals surface area contributed by atoms with Gasteiger partial charge in [0.2, 0.25) is 0 Å². The van der Waals surface area contributed by atoms with Crippen molar-refractivity contribution in [1.82, 2.24) is 0 Å². The fourth-order valence-electron chi connectivity index (χ4n) is 1.44. The predicted molar refractivity (Wildman–Crippen MR) is 46.5 cm³/mol. The quantitative estimate of drug-likeness (QED) is 0.632. The lowest BCUT2D eigenvalue weighted by molar-refractivity contribution is 0.0643. The topological polar surface area (TPSA) is 9.23 Å². The fraction of sp³-hybridized carbons (Fsp3) is 1.00. The summed E-state index contributed by atoms with van der Waals surface area (Å²) >= 11 is 3.57. The maximum absolute atomic E-state index is 5.27. The number of ether oxygens (including phenoxy) is 1. The highest BCUT2D eigenvalue weighted by Crippen LogP contribution is 2.22.